The fourth-order valence-electron chi connectivity index (χ4n) is 2.52. The van der Waals surface area contributed by atoms with Crippen LogP contribution in [0.15, 0.2) is 12.2 Å². The number of aliphatic hydroxyl groups is 1. The molecule has 0 aromatic rings. The normalized spacial score (nSPS) is 15.0. The predicted molar refractivity (Wildman–Crippen MR) is 99.5 cm³/mol. The molecule has 23 heavy (non-hydrogen) atoms. The van der Waals surface area contributed by atoms with E-state index < -0.39 is 19.0 Å². The number of unbranched alkanes of at least 4 members (excludes halogenated alkanes) is 11. The second-order valence-electron chi connectivity index (χ2n) is 6.12. The molecule has 0 saturated carbocycles. The zero-order valence-electron chi connectivity index (χ0n) is 18.9. The van der Waals surface area contributed by atoms with E-state index in [-0.39, 0.29) is 6.42 Å². The number of carbonyl (C=O) groups excluding carboxylic acids is 1. The molecule has 0 fully saturated rings. The van der Waals surface area contributed by atoms with Gasteiger partial charge in [-0.25, -0.2) is 0 Å². The third-order valence-corrected chi connectivity index (χ3v) is 3.92. The van der Waals surface area contributed by atoms with Crippen molar-refractivity contribution in [1.29, 1.82) is 0 Å². The Labute approximate surface area is 149 Å². The standard InChI is InChI=1S/C20H39NO2/c1-2-3-4-5-6-7-8-9-10-11-12-13-14-15-16-17-20(23)21-18-19-22/h9-10,22H,2-8,11-19H2,1H3,(H,21,23)/i18D2,19D2. The van der Waals surface area contributed by atoms with E-state index in [2.05, 4.69) is 19.1 Å². The zero-order chi connectivity index (χ0) is 20.6. The van der Waals surface area contributed by atoms with E-state index in [0.29, 0.717) is 6.42 Å². The quantitative estimate of drug-likeness (QED) is 0.287. The van der Waals surface area contributed by atoms with E-state index >= 15 is 0 Å². The number of hydrogen-bond donors (Lipinski definition) is 2. The summed E-state index contributed by atoms with van der Waals surface area (Å²) >= 11 is 0. The summed E-state index contributed by atoms with van der Waals surface area (Å²) in [5.74, 6) is -0.574. The lowest BCUT2D eigenvalue weighted by Crippen LogP contribution is -2.25. The molecule has 0 atom stereocenters. The van der Waals surface area contributed by atoms with Crippen LogP contribution in [0.2, 0.25) is 0 Å². The summed E-state index contributed by atoms with van der Waals surface area (Å²) in [7, 11) is 0. The minimum atomic E-state index is -3.09. The molecule has 0 aliphatic rings. The summed E-state index contributed by atoms with van der Waals surface area (Å²) in [4.78, 5) is 11.6. The average molecular weight is 330 g/mol. The van der Waals surface area contributed by atoms with Gasteiger partial charge in [0.1, 0.15) is 0 Å². The van der Waals surface area contributed by atoms with Crippen molar-refractivity contribution < 1.29 is 15.4 Å². The largest absolute Gasteiger partial charge is 0.395 e. The Balaban J connectivity index is 3.47. The summed E-state index contributed by atoms with van der Waals surface area (Å²) < 4.78 is 28.5. The molecule has 0 spiro atoms. The van der Waals surface area contributed by atoms with Gasteiger partial charge in [-0.05, 0) is 32.1 Å². The van der Waals surface area contributed by atoms with Gasteiger partial charge in [-0.3, -0.25) is 4.79 Å². The van der Waals surface area contributed by atoms with Crippen LogP contribution in [0.3, 0.4) is 0 Å². The van der Waals surface area contributed by atoms with Gasteiger partial charge in [0.15, 0.2) is 0 Å². The third-order valence-electron chi connectivity index (χ3n) is 3.92. The van der Waals surface area contributed by atoms with Gasteiger partial charge in [0, 0.05) is 12.9 Å². The van der Waals surface area contributed by atoms with E-state index in [1.807, 2.05) is 5.32 Å². The number of nitrogens with one attached hydrogen (secondary N) is 1. The van der Waals surface area contributed by atoms with Crippen molar-refractivity contribution in [3.05, 3.63) is 12.2 Å². The summed E-state index contributed by atoms with van der Waals surface area (Å²) in [6.45, 7) is -3.63. The number of rotatable bonds is 17. The van der Waals surface area contributed by atoms with Crippen LogP contribution in [0.4, 0.5) is 0 Å². The molecule has 0 radical (unpaired) electrons. The number of hydrogen-bond acceptors (Lipinski definition) is 2. The predicted octanol–water partition coefficient (Wildman–Crippen LogP) is 5.13. The van der Waals surface area contributed by atoms with Crippen LogP contribution in [0.1, 0.15) is 102 Å². The first-order chi connectivity index (χ1) is 12.7. The topological polar surface area (TPSA) is 49.3 Å². The second-order valence-corrected chi connectivity index (χ2v) is 6.12. The van der Waals surface area contributed by atoms with Crippen molar-refractivity contribution in [2.75, 3.05) is 13.1 Å². The summed E-state index contributed by atoms with van der Waals surface area (Å²) in [6, 6.07) is 0. The van der Waals surface area contributed by atoms with Gasteiger partial charge >= 0.3 is 0 Å². The van der Waals surface area contributed by atoms with Gasteiger partial charge in [0.25, 0.3) is 0 Å². The highest BCUT2D eigenvalue weighted by atomic mass is 16.3. The van der Waals surface area contributed by atoms with E-state index in [1.54, 1.807) is 0 Å². The molecule has 136 valence electrons. The monoisotopic (exact) mass is 329 g/mol. The first-order valence-electron chi connectivity index (χ1n) is 11.4. The van der Waals surface area contributed by atoms with Gasteiger partial charge in [0.2, 0.25) is 5.91 Å². The van der Waals surface area contributed by atoms with E-state index in [1.165, 1.54) is 44.9 Å². The fourth-order valence-corrected chi connectivity index (χ4v) is 2.52. The molecular formula is C20H39NO2. The minimum absolute atomic E-state index is 0.147. The zero-order valence-corrected chi connectivity index (χ0v) is 14.9. The molecule has 0 unspecified atom stereocenters. The average Bonchev–Trinajstić information content (AvgIpc) is 2.57. The van der Waals surface area contributed by atoms with Crippen LogP contribution in [0.25, 0.3) is 0 Å². The maximum atomic E-state index is 11.6. The Kier molecular flexibility index (Phi) is 13.1. The Morgan fingerprint density at radius 2 is 1.43 bits per heavy atom. The molecule has 0 aromatic carbocycles. The number of allylic oxidation sites excluding steroid dienone is 2. The van der Waals surface area contributed by atoms with E-state index in [0.717, 1.165) is 32.1 Å². The number of amides is 1. The van der Waals surface area contributed by atoms with Crippen molar-refractivity contribution in [2.45, 2.75) is 96.8 Å². The van der Waals surface area contributed by atoms with Crippen LogP contribution in [0, 0.1) is 0 Å². The van der Waals surface area contributed by atoms with Crippen molar-refractivity contribution in [1.82, 2.24) is 5.32 Å². The summed E-state index contributed by atoms with van der Waals surface area (Å²) in [5, 5.41) is 10.9. The molecular weight excluding hydrogens is 286 g/mol. The molecule has 0 saturated heterocycles. The second kappa shape index (κ2) is 19.2. The van der Waals surface area contributed by atoms with Crippen molar-refractivity contribution in [3.8, 4) is 0 Å². The highest BCUT2D eigenvalue weighted by Crippen LogP contribution is 2.09. The molecule has 0 aliphatic heterocycles. The summed E-state index contributed by atoms with van der Waals surface area (Å²) in [5.41, 5.74) is 0. The van der Waals surface area contributed by atoms with Crippen molar-refractivity contribution in [3.63, 3.8) is 0 Å². The molecule has 3 nitrogen and oxygen atoms in total. The van der Waals surface area contributed by atoms with E-state index in [4.69, 9.17) is 10.6 Å². The Morgan fingerprint density at radius 1 is 0.913 bits per heavy atom. The first kappa shape index (κ1) is 15.7. The third kappa shape index (κ3) is 19.1. The molecule has 2 N–H and O–H groups in total. The molecule has 0 rings (SSSR count). The van der Waals surface area contributed by atoms with Crippen LogP contribution in [-0.4, -0.2) is 24.1 Å². The Hall–Kier alpha value is -0.830. The Morgan fingerprint density at radius 3 is 2.00 bits per heavy atom. The maximum Gasteiger partial charge on any atom is 0.220 e. The van der Waals surface area contributed by atoms with Gasteiger partial charge in [-0.15, -0.1) is 0 Å². The fraction of sp³-hybridized carbons (Fsp3) is 0.850. The van der Waals surface area contributed by atoms with Crippen LogP contribution >= 0.6 is 0 Å². The molecule has 0 heterocycles. The molecule has 0 bridgehead atoms. The van der Waals surface area contributed by atoms with Crippen LogP contribution < -0.4 is 5.32 Å². The highest BCUT2D eigenvalue weighted by molar-refractivity contribution is 5.75. The maximum absolute atomic E-state index is 11.6. The lowest BCUT2D eigenvalue weighted by Gasteiger charge is -2.03. The van der Waals surface area contributed by atoms with Gasteiger partial charge in [-0.1, -0.05) is 70.4 Å². The molecule has 0 aliphatic carbocycles. The molecule has 0 aromatic heterocycles. The minimum Gasteiger partial charge on any atom is -0.395 e. The van der Waals surface area contributed by atoms with Gasteiger partial charge in [-0.2, -0.15) is 0 Å². The number of carbonyl (C=O) groups is 1. The SMILES string of the molecule is [2H]C([2H])(O)C([2H])([2H])NC(=O)CCCCCCCC=CCCCCCCCC. The highest BCUT2D eigenvalue weighted by Gasteiger charge is 1.99. The van der Waals surface area contributed by atoms with Crippen molar-refractivity contribution >= 4 is 5.91 Å². The van der Waals surface area contributed by atoms with Gasteiger partial charge in [0.05, 0.1) is 12.0 Å². The lowest BCUT2D eigenvalue weighted by atomic mass is 10.1. The molecule has 1 amide bonds. The van der Waals surface area contributed by atoms with Crippen molar-refractivity contribution in [2.24, 2.45) is 0 Å². The summed E-state index contributed by atoms with van der Waals surface area (Å²) in [6.07, 6.45) is 19.8. The lowest BCUT2D eigenvalue weighted by molar-refractivity contribution is -0.121. The van der Waals surface area contributed by atoms with E-state index in [9.17, 15) is 4.79 Å². The first-order valence-corrected chi connectivity index (χ1v) is 9.39. The Bertz CT molecular complexity index is 409. The van der Waals surface area contributed by atoms with Crippen LogP contribution in [0.5, 0.6) is 0 Å². The smallest absolute Gasteiger partial charge is 0.220 e. The van der Waals surface area contributed by atoms with Crippen LogP contribution in [-0.2, 0) is 4.79 Å². The molecule has 3 heteroatoms. The van der Waals surface area contributed by atoms with Gasteiger partial charge < -0.3 is 10.4 Å².